The summed E-state index contributed by atoms with van der Waals surface area (Å²) >= 11 is 0. The first-order valence-electron chi connectivity index (χ1n) is 7.81. The number of rotatable bonds is 7. The van der Waals surface area contributed by atoms with Gasteiger partial charge in [0.15, 0.2) is 11.5 Å². The molecule has 1 aromatic carbocycles. The van der Waals surface area contributed by atoms with Gasteiger partial charge in [0.25, 0.3) is 0 Å². The van der Waals surface area contributed by atoms with Crippen molar-refractivity contribution in [3.05, 3.63) is 23.3 Å². The van der Waals surface area contributed by atoms with Gasteiger partial charge in [-0.15, -0.1) is 0 Å². The van der Waals surface area contributed by atoms with Crippen LogP contribution in [0.4, 0.5) is 0 Å². The molecule has 6 nitrogen and oxygen atoms in total. The van der Waals surface area contributed by atoms with Crippen molar-refractivity contribution in [2.75, 3.05) is 34.0 Å². The zero-order chi connectivity index (χ0) is 16.7. The molecule has 1 fully saturated rings. The van der Waals surface area contributed by atoms with Gasteiger partial charge in [0.05, 0.1) is 33.0 Å². The van der Waals surface area contributed by atoms with Crippen LogP contribution in [0, 0.1) is 0 Å². The van der Waals surface area contributed by atoms with Crippen molar-refractivity contribution in [3.63, 3.8) is 0 Å². The van der Waals surface area contributed by atoms with E-state index in [2.05, 4.69) is 0 Å². The highest BCUT2D eigenvalue weighted by atomic mass is 16.6. The highest BCUT2D eigenvalue weighted by molar-refractivity contribution is 5.92. The lowest BCUT2D eigenvalue weighted by atomic mass is 10.1. The Labute approximate surface area is 136 Å². The molecule has 0 bridgehead atoms. The summed E-state index contributed by atoms with van der Waals surface area (Å²) in [6.45, 7) is 3.93. The molecule has 0 radical (unpaired) electrons. The number of hydrogen-bond acceptors (Lipinski definition) is 6. The Hall–Kier alpha value is -1.79. The second kappa shape index (κ2) is 8.74. The Morgan fingerprint density at radius 3 is 2.61 bits per heavy atom. The van der Waals surface area contributed by atoms with Crippen LogP contribution >= 0.6 is 0 Å². The average molecular weight is 324 g/mol. The van der Waals surface area contributed by atoms with Crippen molar-refractivity contribution in [1.29, 1.82) is 0 Å². The third-order valence-electron chi connectivity index (χ3n) is 3.68. The van der Waals surface area contributed by atoms with Crippen LogP contribution in [-0.4, -0.2) is 46.1 Å². The summed E-state index contributed by atoms with van der Waals surface area (Å²) in [7, 11) is 3.09. The largest absolute Gasteiger partial charge is 0.493 e. The van der Waals surface area contributed by atoms with Gasteiger partial charge in [-0.1, -0.05) is 0 Å². The summed E-state index contributed by atoms with van der Waals surface area (Å²) < 4.78 is 26.9. The predicted molar refractivity (Wildman–Crippen MR) is 84.1 cm³/mol. The average Bonchev–Trinajstić information content (AvgIpc) is 2.59. The maximum Gasteiger partial charge on any atom is 0.338 e. The van der Waals surface area contributed by atoms with E-state index in [1.165, 1.54) is 7.11 Å². The fourth-order valence-electron chi connectivity index (χ4n) is 2.46. The van der Waals surface area contributed by atoms with E-state index in [4.69, 9.17) is 23.7 Å². The number of esters is 1. The molecule has 2 rings (SSSR count). The molecule has 1 aliphatic rings. The SMILES string of the molecule is CCOCc1cc(OC)c(OC)cc1C(=O)OC1CCCOC1. The smallest absolute Gasteiger partial charge is 0.338 e. The molecule has 128 valence electrons. The van der Waals surface area contributed by atoms with Gasteiger partial charge in [-0.25, -0.2) is 4.79 Å². The molecule has 1 unspecified atom stereocenters. The van der Waals surface area contributed by atoms with E-state index in [1.807, 2.05) is 6.92 Å². The predicted octanol–water partition coefficient (Wildman–Crippen LogP) is 2.58. The third kappa shape index (κ3) is 4.59. The molecular formula is C17H24O6. The summed E-state index contributed by atoms with van der Waals surface area (Å²) in [5.74, 6) is 0.649. The first-order valence-corrected chi connectivity index (χ1v) is 7.81. The topological polar surface area (TPSA) is 63.2 Å². The Morgan fingerprint density at radius 2 is 2.00 bits per heavy atom. The highest BCUT2D eigenvalue weighted by Gasteiger charge is 2.23. The number of benzene rings is 1. The number of ether oxygens (including phenoxy) is 5. The summed E-state index contributed by atoms with van der Waals surface area (Å²) in [5.41, 5.74) is 1.15. The zero-order valence-electron chi connectivity index (χ0n) is 13.9. The Bertz CT molecular complexity index is 522. The molecule has 23 heavy (non-hydrogen) atoms. The van der Waals surface area contributed by atoms with E-state index in [9.17, 15) is 4.79 Å². The Morgan fingerprint density at radius 1 is 1.26 bits per heavy atom. The number of hydrogen-bond donors (Lipinski definition) is 0. The molecule has 0 saturated carbocycles. The number of methoxy groups -OCH3 is 2. The van der Waals surface area contributed by atoms with Gasteiger partial charge in [0.2, 0.25) is 0 Å². The second-order valence-electron chi connectivity index (χ2n) is 5.25. The first kappa shape index (κ1) is 17.6. The first-order chi connectivity index (χ1) is 11.2. The van der Waals surface area contributed by atoms with Gasteiger partial charge in [-0.2, -0.15) is 0 Å². The van der Waals surface area contributed by atoms with Crippen LogP contribution in [0.25, 0.3) is 0 Å². The normalized spacial score (nSPS) is 17.6. The lowest BCUT2D eigenvalue weighted by Crippen LogP contribution is -2.28. The minimum atomic E-state index is -0.392. The molecular weight excluding hydrogens is 300 g/mol. The van der Waals surface area contributed by atoms with Gasteiger partial charge < -0.3 is 23.7 Å². The van der Waals surface area contributed by atoms with Crippen molar-refractivity contribution in [1.82, 2.24) is 0 Å². The van der Waals surface area contributed by atoms with E-state index in [-0.39, 0.29) is 6.10 Å². The van der Waals surface area contributed by atoms with Crippen molar-refractivity contribution in [2.45, 2.75) is 32.5 Å². The third-order valence-corrected chi connectivity index (χ3v) is 3.68. The quantitative estimate of drug-likeness (QED) is 0.718. The Balaban J connectivity index is 2.23. The maximum atomic E-state index is 12.5. The maximum absolute atomic E-state index is 12.5. The highest BCUT2D eigenvalue weighted by Crippen LogP contribution is 2.31. The van der Waals surface area contributed by atoms with Crippen LogP contribution in [0.5, 0.6) is 11.5 Å². The molecule has 6 heteroatoms. The minimum absolute atomic E-state index is 0.204. The molecule has 1 saturated heterocycles. The fraction of sp³-hybridized carbons (Fsp3) is 0.588. The molecule has 0 N–H and O–H groups in total. The lowest BCUT2D eigenvalue weighted by Gasteiger charge is -2.23. The molecule has 0 aliphatic carbocycles. The van der Waals surface area contributed by atoms with Crippen LogP contribution in [-0.2, 0) is 20.8 Å². The van der Waals surface area contributed by atoms with Crippen molar-refractivity contribution in [3.8, 4) is 11.5 Å². The van der Waals surface area contributed by atoms with Crippen LogP contribution in [0.3, 0.4) is 0 Å². The summed E-state index contributed by atoms with van der Waals surface area (Å²) in [4.78, 5) is 12.5. The van der Waals surface area contributed by atoms with Gasteiger partial charge >= 0.3 is 5.97 Å². The molecule has 1 atom stereocenters. The molecule has 0 amide bonds. The van der Waals surface area contributed by atoms with Gasteiger partial charge in [0, 0.05) is 13.2 Å². The Kier molecular flexibility index (Phi) is 6.67. The number of carbonyl (C=O) groups is 1. The molecule has 1 heterocycles. The van der Waals surface area contributed by atoms with Crippen LogP contribution in [0.2, 0.25) is 0 Å². The van der Waals surface area contributed by atoms with Crippen LogP contribution < -0.4 is 9.47 Å². The molecule has 1 aliphatic heterocycles. The summed E-state index contributed by atoms with van der Waals surface area (Å²) in [5, 5.41) is 0. The van der Waals surface area contributed by atoms with Crippen molar-refractivity contribution in [2.24, 2.45) is 0 Å². The van der Waals surface area contributed by atoms with Gasteiger partial charge in [0.1, 0.15) is 6.10 Å². The fourth-order valence-corrected chi connectivity index (χ4v) is 2.46. The zero-order valence-corrected chi connectivity index (χ0v) is 13.9. The van der Waals surface area contributed by atoms with E-state index in [1.54, 1.807) is 19.2 Å². The molecule has 1 aromatic rings. The number of carbonyl (C=O) groups excluding carboxylic acids is 1. The van der Waals surface area contributed by atoms with E-state index in [0.29, 0.717) is 42.4 Å². The van der Waals surface area contributed by atoms with Gasteiger partial charge in [-0.05, 0) is 37.5 Å². The molecule has 0 spiro atoms. The monoisotopic (exact) mass is 324 g/mol. The lowest BCUT2D eigenvalue weighted by molar-refractivity contribution is -0.0308. The summed E-state index contributed by atoms with van der Waals surface area (Å²) in [6.07, 6.45) is 1.51. The second-order valence-corrected chi connectivity index (χ2v) is 5.25. The van der Waals surface area contributed by atoms with E-state index < -0.39 is 5.97 Å². The minimum Gasteiger partial charge on any atom is -0.493 e. The standard InChI is InChI=1S/C17H24O6/c1-4-21-10-12-8-15(19-2)16(20-3)9-14(12)17(18)23-13-6-5-7-22-11-13/h8-9,13H,4-7,10-11H2,1-3H3. The van der Waals surface area contributed by atoms with Crippen molar-refractivity contribution < 1.29 is 28.5 Å². The van der Waals surface area contributed by atoms with E-state index in [0.717, 1.165) is 19.4 Å². The molecule has 0 aromatic heterocycles. The van der Waals surface area contributed by atoms with Gasteiger partial charge in [-0.3, -0.25) is 0 Å². The van der Waals surface area contributed by atoms with Crippen molar-refractivity contribution >= 4 is 5.97 Å². The van der Waals surface area contributed by atoms with Crippen LogP contribution in [0.15, 0.2) is 12.1 Å². The van der Waals surface area contributed by atoms with Crippen LogP contribution in [0.1, 0.15) is 35.7 Å². The summed E-state index contributed by atoms with van der Waals surface area (Å²) in [6, 6.07) is 3.39. The van der Waals surface area contributed by atoms with E-state index >= 15 is 0 Å².